The molecule has 0 aliphatic heterocycles. The number of aromatic nitrogens is 2. The number of H-pyrrole nitrogens is 1. The van der Waals surface area contributed by atoms with Gasteiger partial charge in [-0.1, -0.05) is 30.3 Å². The van der Waals surface area contributed by atoms with E-state index in [-0.39, 0.29) is 12.2 Å². The molecule has 1 heterocycles. The maximum Gasteiger partial charge on any atom is 0.277 e. The summed E-state index contributed by atoms with van der Waals surface area (Å²) in [5.74, 6) is -0.526. The summed E-state index contributed by atoms with van der Waals surface area (Å²) >= 11 is 0. The highest BCUT2D eigenvalue weighted by Crippen LogP contribution is 2.13. The summed E-state index contributed by atoms with van der Waals surface area (Å²) in [6.45, 7) is 3.13. The van der Waals surface area contributed by atoms with E-state index in [2.05, 4.69) is 15.5 Å². The Bertz CT molecular complexity index is 695. The maximum absolute atomic E-state index is 12.3. The highest BCUT2D eigenvalue weighted by Gasteiger charge is 2.20. The Hall–Kier alpha value is -2.47. The molecule has 2 aromatic rings. The molecule has 1 aromatic heterocycles. The molecule has 1 atom stereocenters. The van der Waals surface area contributed by atoms with E-state index in [1.54, 1.807) is 26.0 Å². The lowest BCUT2D eigenvalue weighted by Crippen LogP contribution is -2.35. The number of aliphatic hydroxyl groups excluding tert-OH is 1. The number of aliphatic hydroxyl groups is 1. The third-order valence-electron chi connectivity index (χ3n) is 3.39. The zero-order chi connectivity index (χ0) is 15.4. The predicted molar refractivity (Wildman–Crippen MR) is 78.1 cm³/mol. The van der Waals surface area contributed by atoms with Gasteiger partial charge in [0.1, 0.15) is 5.56 Å². The van der Waals surface area contributed by atoms with Gasteiger partial charge in [-0.25, -0.2) is 5.10 Å². The van der Waals surface area contributed by atoms with Crippen LogP contribution in [0.1, 0.15) is 33.2 Å². The second kappa shape index (κ2) is 6.32. The van der Waals surface area contributed by atoms with Crippen LogP contribution in [0.3, 0.4) is 0 Å². The molecule has 0 aliphatic rings. The molecule has 0 saturated heterocycles. The van der Waals surface area contributed by atoms with Crippen molar-refractivity contribution in [1.82, 2.24) is 15.5 Å². The van der Waals surface area contributed by atoms with Crippen LogP contribution < -0.4 is 10.9 Å². The molecule has 0 radical (unpaired) electrons. The van der Waals surface area contributed by atoms with Crippen molar-refractivity contribution in [2.24, 2.45) is 0 Å². The number of benzene rings is 1. The molecule has 21 heavy (non-hydrogen) atoms. The summed E-state index contributed by atoms with van der Waals surface area (Å²) in [6.07, 6.45) is 0. The second-order valence-corrected chi connectivity index (χ2v) is 4.76. The number of nitrogens with zero attached hydrogens (tertiary/aromatic N) is 1. The third-order valence-corrected chi connectivity index (χ3v) is 3.39. The number of aromatic amines is 1. The summed E-state index contributed by atoms with van der Waals surface area (Å²) in [6, 6.07) is 8.52. The quantitative estimate of drug-likeness (QED) is 0.777. The first-order valence-electron chi connectivity index (χ1n) is 6.57. The lowest BCUT2D eigenvalue weighted by atomic mass is 10.1. The Morgan fingerprint density at radius 1 is 1.33 bits per heavy atom. The minimum Gasteiger partial charge on any atom is -0.394 e. The van der Waals surface area contributed by atoms with Crippen molar-refractivity contribution in [2.75, 3.05) is 6.61 Å². The number of hydrogen-bond donors (Lipinski definition) is 3. The standard InChI is InChI=1S/C15H17N3O3/c1-9-10(2)17-18-15(21)13(9)14(20)16-12(8-19)11-6-4-3-5-7-11/h3-7,12,19H,8H2,1-2H3,(H,16,20)(H,18,21)/t12-/m1/s1. The van der Waals surface area contributed by atoms with E-state index in [1.807, 2.05) is 18.2 Å². The highest BCUT2D eigenvalue weighted by atomic mass is 16.3. The van der Waals surface area contributed by atoms with Crippen molar-refractivity contribution in [1.29, 1.82) is 0 Å². The SMILES string of the molecule is Cc1n[nH]c(=O)c(C(=O)N[C@H](CO)c2ccccc2)c1C. The van der Waals surface area contributed by atoms with E-state index in [0.29, 0.717) is 11.3 Å². The minimum atomic E-state index is -0.564. The molecule has 0 aliphatic carbocycles. The van der Waals surface area contributed by atoms with Gasteiger partial charge >= 0.3 is 0 Å². The monoisotopic (exact) mass is 287 g/mol. The fourth-order valence-electron chi connectivity index (χ4n) is 2.05. The first-order valence-corrected chi connectivity index (χ1v) is 6.57. The van der Waals surface area contributed by atoms with Crippen LogP contribution in [0, 0.1) is 13.8 Å². The van der Waals surface area contributed by atoms with Gasteiger partial charge in [-0.15, -0.1) is 0 Å². The fourth-order valence-corrected chi connectivity index (χ4v) is 2.05. The average molecular weight is 287 g/mol. The van der Waals surface area contributed by atoms with Gasteiger partial charge in [0.2, 0.25) is 0 Å². The molecule has 0 fully saturated rings. The molecule has 1 amide bonds. The molecule has 2 rings (SSSR count). The van der Waals surface area contributed by atoms with E-state index in [1.165, 1.54) is 0 Å². The summed E-state index contributed by atoms with van der Waals surface area (Å²) in [7, 11) is 0. The van der Waals surface area contributed by atoms with E-state index >= 15 is 0 Å². The molecule has 1 aromatic carbocycles. The molecular weight excluding hydrogens is 270 g/mol. The fraction of sp³-hybridized carbons (Fsp3) is 0.267. The van der Waals surface area contributed by atoms with Crippen LogP contribution in [-0.2, 0) is 0 Å². The van der Waals surface area contributed by atoms with Crippen LogP contribution in [0.5, 0.6) is 0 Å². The number of rotatable bonds is 4. The van der Waals surface area contributed by atoms with Gasteiger partial charge in [0.05, 0.1) is 18.3 Å². The number of aryl methyl sites for hydroxylation is 1. The molecule has 6 nitrogen and oxygen atoms in total. The Kier molecular flexibility index (Phi) is 4.49. The van der Waals surface area contributed by atoms with E-state index in [9.17, 15) is 14.7 Å². The number of amides is 1. The summed E-state index contributed by atoms with van der Waals surface area (Å²) in [5, 5.41) is 18.2. The second-order valence-electron chi connectivity index (χ2n) is 4.76. The Labute approximate surface area is 121 Å². The molecule has 0 spiro atoms. The topological polar surface area (TPSA) is 95.1 Å². The molecule has 110 valence electrons. The van der Waals surface area contributed by atoms with Crippen molar-refractivity contribution in [2.45, 2.75) is 19.9 Å². The predicted octanol–water partition coefficient (Wildman–Crippen LogP) is 0.850. The highest BCUT2D eigenvalue weighted by molar-refractivity contribution is 5.95. The van der Waals surface area contributed by atoms with E-state index < -0.39 is 17.5 Å². The Morgan fingerprint density at radius 2 is 2.00 bits per heavy atom. The molecular formula is C15H17N3O3. The van der Waals surface area contributed by atoms with Crippen molar-refractivity contribution < 1.29 is 9.90 Å². The summed E-state index contributed by atoms with van der Waals surface area (Å²) in [5.41, 5.74) is 1.37. The molecule has 3 N–H and O–H groups in total. The Balaban J connectivity index is 2.29. The average Bonchev–Trinajstić information content (AvgIpc) is 2.50. The van der Waals surface area contributed by atoms with Gasteiger partial charge in [-0.2, -0.15) is 5.10 Å². The zero-order valence-electron chi connectivity index (χ0n) is 11.9. The van der Waals surface area contributed by atoms with Crippen LogP contribution in [0.15, 0.2) is 35.1 Å². The van der Waals surface area contributed by atoms with Gasteiger partial charge in [-0.3, -0.25) is 9.59 Å². The molecule has 0 bridgehead atoms. The molecule has 0 saturated carbocycles. The first-order chi connectivity index (χ1) is 10.0. The van der Waals surface area contributed by atoms with Crippen LogP contribution in [0.4, 0.5) is 0 Å². The number of carbonyl (C=O) groups excluding carboxylic acids is 1. The lowest BCUT2D eigenvalue weighted by Gasteiger charge is -2.17. The smallest absolute Gasteiger partial charge is 0.277 e. The van der Waals surface area contributed by atoms with Gasteiger partial charge in [0.25, 0.3) is 11.5 Å². The minimum absolute atomic E-state index is 0.0249. The largest absolute Gasteiger partial charge is 0.394 e. The van der Waals surface area contributed by atoms with Crippen LogP contribution in [0.2, 0.25) is 0 Å². The van der Waals surface area contributed by atoms with Crippen molar-refractivity contribution in [3.8, 4) is 0 Å². The summed E-state index contributed by atoms with van der Waals surface area (Å²) < 4.78 is 0. The zero-order valence-corrected chi connectivity index (χ0v) is 11.9. The van der Waals surface area contributed by atoms with Gasteiger partial charge in [-0.05, 0) is 25.0 Å². The molecule has 0 unspecified atom stereocenters. The third kappa shape index (κ3) is 3.17. The number of carbonyl (C=O) groups is 1. The van der Waals surface area contributed by atoms with Gasteiger partial charge in [0.15, 0.2) is 0 Å². The van der Waals surface area contributed by atoms with Crippen molar-refractivity contribution in [3.05, 3.63) is 63.1 Å². The van der Waals surface area contributed by atoms with E-state index in [4.69, 9.17) is 0 Å². The molecule has 6 heteroatoms. The van der Waals surface area contributed by atoms with Crippen LogP contribution in [0.25, 0.3) is 0 Å². The lowest BCUT2D eigenvalue weighted by molar-refractivity contribution is 0.0913. The number of hydrogen-bond acceptors (Lipinski definition) is 4. The normalized spacial score (nSPS) is 12.0. The number of nitrogens with one attached hydrogen (secondary N) is 2. The van der Waals surface area contributed by atoms with Crippen molar-refractivity contribution >= 4 is 5.91 Å². The maximum atomic E-state index is 12.3. The van der Waals surface area contributed by atoms with Crippen molar-refractivity contribution in [3.63, 3.8) is 0 Å². The summed E-state index contributed by atoms with van der Waals surface area (Å²) in [4.78, 5) is 24.1. The Morgan fingerprint density at radius 3 is 2.62 bits per heavy atom. The first kappa shape index (κ1) is 14.9. The van der Waals surface area contributed by atoms with Crippen LogP contribution in [-0.4, -0.2) is 27.8 Å². The van der Waals surface area contributed by atoms with Crippen LogP contribution >= 0.6 is 0 Å². The van der Waals surface area contributed by atoms with E-state index in [0.717, 1.165) is 5.56 Å². The van der Waals surface area contributed by atoms with Gasteiger partial charge < -0.3 is 10.4 Å². The van der Waals surface area contributed by atoms with Gasteiger partial charge in [0, 0.05) is 0 Å².